The molecule has 0 saturated carbocycles. The zero-order chi connectivity index (χ0) is 15.0. The second kappa shape index (κ2) is 4.78. The van der Waals surface area contributed by atoms with E-state index >= 15 is 0 Å². The van der Waals surface area contributed by atoms with Crippen LogP contribution in [-0.2, 0) is 0 Å². The highest BCUT2D eigenvalue weighted by Crippen LogP contribution is 2.27. The van der Waals surface area contributed by atoms with Crippen LogP contribution in [0.5, 0.6) is 0 Å². The molecule has 0 fully saturated rings. The van der Waals surface area contributed by atoms with E-state index in [1.54, 1.807) is 30.5 Å². The van der Waals surface area contributed by atoms with Gasteiger partial charge in [-0.2, -0.15) is 5.10 Å². The van der Waals surface area contributed by atoms with Crippen LogP contribution in [0.15, 0.2) is 47.1 Å². The van der Waals surface area contributed by atoms with Crippen molar-refractivity contribution in [2.24, 2.45) is 0 Å². The predicted octanol–water partition coefficient (Wildman–Crippen LogP) is 2.93. The highest BCUT2D eigenvalue weighted by atomic mass is 16.6. The number of furan rings is 1. The Morgan fingerprint density at radius 1 is 1.33 bits per heavy atom. The molecule has 21 heavy (non-hydrogen) atoms. The van der Waals surface area contributed by atoms with E-state index in [-0.39, 0.29) is 5.69 Å². The Bertz CT molecular complexity index is 819. The molecule has 0 aliphatic heterocycles. The third-order valence-corrected chi connectivity index (χ3v) is 3.16. The lowest BCUT2D eigenvalue weighted by molar-refractivity contribution is -0.384. The maximum atomic E-state index is 10.8. The molecule has 7 heteroatoms. The van der Waals surface area contributed by atoms with E-state index < -0.39 is 4.92 Å². The minimum Gasteiger partial charge on any atom is -0.469 e. The van der Waals surface area contributed by atoms with Gasteiger partial charge in [-0.1, -0.05) is 6.07 Å². The van der Waals surface area contributed by atoms with Crippen molar-refractivity contribution in [1.82, 2.24) is 9.78 Å². The van der Waals surface area contributed by atoms with E-state index in [1.807, 2.05) is 6.92 Å². The molecule has 0 aliphatic rings. The van der Waals surface area contributed by atoms with Crippen molar-refractivity contribution >= 4 is 11.5 Å². The van der Waals surface area contributed by atoms with Crippen molar-refractivity contribution in [2.75, 3.05) is 5.73 Å². The first-order valence-electron chi connectivity index (χ1n) is 6.21. The molecule has 1 aromatic carbocycles. The Hall–Kier alpha value is -3.09. The van der Waals surface area contributed by atoms with Gasteiger partial charge in [0.05, 0.1) is 22.6 Å². The first kappa shape index (κ1) is 12.9. The molecule has 7 nitrogen and oxygen atoms in total. The number of aryl methyl sites for hydroxylation is 1. The third-order valence-electron chi connectivity index (χ3n) is 3.16. The second-order valence-corrected chi connectivity index (χ2v) is 4.53. The third kappa shape index (κ3) is 2.25. The monoisotopic (exact) mass is 284 g/mol. The Kier molecular flexibility index (Phi) is 2.94. The molecule has 0 amide bonds. The Morgan fingerprint density at radius 2 is 2.14 bits per heavy atom. The first-order valence-corrected chi connectivity index (χ1v) is 6.21. The summed E-state index contributed by atoms with van der Waals surface area (Å²) in [5.41, 5.74) is 7.98. The number of nitrogens with two attached hydrogens (primary N) is 1. The maximum Gasteiger partial charge on any atom is 0.271 e. The summed E-state index contributed by atoms with van der Waals surface area (Å²) in [4.78, 5) is 10.4. The van der Waals surface area contributed by atoms with Gasteiger partial charge in [0.15, 0.2) is 0 Å². The number of rotatable bonds is 3. The van der Waals surface area contributed by atoms with Crippen LogP contribution >= 0.6 is 0 Å². The predicted molar refractivity (Wildman–Crippen MR) is 77.1 cm³/mol. The lowest BCUT2D eigenvalue weighted by Gasteiger charge is -2.03. The van der Waals surface area contributed by atoms with Crippen molar-refractivity contribution in [2.45, 2.75) is 6.92 Å². The molecular weight excluding hydrogens is 272 g/mol. The number of nitro groups is 1. The van der Waals surface area contributed by atoms with Crippen molar-refractivity contribution in [3.8, 4) is 16.9 Å². The molecule has 0 radical (unpaired) electrons. The summed E-state index contributed by atoms with van der Waals surface area (Å²) in [6.45, 7) is 1.83. The van der Waals surface area contributed by atoms with Gasteiger partial charge in [0.1, 0.15) is 11.6 Å². The maximum absolute atomic E-state index is 10.8. The van der Waals surface area contributed by atoms with E-state index in [1.165, 1.54) is 16.8 Å². The number of benzene rings is 1. The standard InChI is InChI=1S/C14H12N4O3/c1-9-12(5-6-21-9)13-8-14(15)17(16-13)10-3-2-4-11(7-10)18(19)20/h2-8H,15H2,1H3. The second-order valence-electron chi connectivity index (χ2n) is 4.53. The summed E-state index contributed by atoms with van der Waals surface area (Å²) in [7, 11) is 0. The van der Waals surface area contributed by atoms with E-state index in [0.29, 0.717) is 17.2 Å². The fourth-order valence-electron chi connectivity index (χ4n) is 2.12. The van der Waals surface area contributed by atoms with E-state index in [0.717, 1.165) is 11.3 Å². The summed E-state index contributed by atoms with van der Waals surface area (Å²) >= 11 is 0. The average molecular weight is 284 g/mol. The van der Waals surface area contributed by atoms with Crippen molar-refractivity contribution in [1.29, 1.82) is 0 Å². The summed E-state index contributed by atoms with van der Waals surface area (Å²) < 4.78 is 6.71. The molecule has 2 N–H and O–H groups in total. The molecule has 2 aromatic heterocycles. The van der Waals surface area contributed by atoms with E-state index in [4.69, 9.17) is 10.2 Å². The summed E-state index contributed by atoms with van der Waals surface area (Å²) in [5.74, 6) is 1.13. The van der Waals surface area contributed by atoms with Crippen LogP contribution in [-0.4, -0.2) is 14.7 Å². The molecule has 3 aromatic rings. The van der Waals surface area contributed by atoms with Crippen LogP contribution in [0.25, 0.3) is 16.9 Å². The molecule has 0 saturated heterocycles. The van der Waals surface area contributed by atoms with Crippen LogP contribution < -0.4 is 5.73 Å². The fraction of sp³-hybridized carbons (Fsp3) is 0.0714. The summed E-state index contributed by atoms with van der Waals surface area (Å²) in [5, 5.41) is 15.2. The Labute approximate surface area is 119 Å². The van der Waals surface area contributed by atoms with Gasteiger partial charge >= 0.3 is 0 Å². The zero-order valence-electron chi connectivity index (χ0n) is 11.2. The van der Waals surface area contributed by atoms with Crippen LogP contribution in [0.3, 0.4) is 0 Å². The molecule has 0 aliphatic carbocycles. The quantitative estimate of drug-likeness (QED) is 0.588. The van der Waals surface area contributed by atoms with Gasteiger partial charge in [-0.05, 0) is 19.1 Å². The molecule has 0 spiro atoms. The number of nitrogen functional groups attached to an aromatic ring is 1. The summed E-state index contributed by atoms with van der Waals surface area (Å²) in [6.07, 6.45) is 1.58. The van der Waals surface area contributed by atoms with Gasteiger partial charge in [0.25, 0.3) is 5.69 Å². The van der Waals surface area contributed by atoms with Gasteiger partial charge in [0.2, 0.25) is 0 Å². The molecule has 0 bridgehead atoms. The zero-order valence-corrected chi connectivity index (χ0v) is 11.2. The van der Waals surface area contributed by atoms with Crippen LogP contribution in [0, 0.1) is 17.0 Å². The normalized spacial score (nSPS) is 10.7. The number of hydrogen-bond donors (Lipinski definition) is 1. The van der Waals surface area contributed by atoms with Crippen LogP contribution in [0.4, 0.5) is 11.5 Å². The smallest absolute Gasteiger partial charge is 0.271 e. The van der Waals surface area contributed by atoms with Gasteiger partial charge in [-0.25, -0.2) is 4.68 Å². The topological polar surface area (TPSA) is 100 Å². The Balaban J connectivity index is 2.08. The van der Waals surface area contributed by atoms with E-state index in [2.05, 4.69) is 5.10 Å². The number of aromatic nitrogens is 2. The summed E-state index contributed by atoms with van der Waals surface area (Å²) in [6, 6.07) is 9.66. The Morgan fingerprint density at radius 3 is 2.81 bits per heavy atom. The van der Waals surface area contributed by atoms with Gasteiger partial charge < -0.3 is 10.2 Å². The minimum absolute atomic E-state index is 0.0107. The van der Waals surface area contributed by atoms with Crippen LogP contribution in [0.1, 0.15) is 5.76 Å². The van der Waals surface area contributed by atoms with E-state index in [9.17, 15) is 10.1 Å². The lowest BCUT2D eigenvalue weighted by atomic mass is 10.2. The van der Waals surface area contributed by atoms with Gasteiger partial charge in [-0.15, -0.1) is 0 Å². The van der Waals surface area contributed by atoms with Crippen molar-refractivity contribution < 1.29 is 9.34 Å². The molecule has 3 rings (SSSR count). The number of non-ortho nitro benzene ring substituents is 1. The minimum atomic E-state index is -0.454. The fourth-order valence-corrected chi connectivity index (χ4v) is 2.12. The molecule has 106 valence electrons. The van der Waals surface area contributed by atoms with Crippen molar-refractivity contribution in [3.05, 3.63) is 58.5 Å². The lowest BCUT2D eigenvalue weighted by Crippen LogP contribution is -2.02. The molecular formula is C14H12N4O3. The molecule has 2 heterocycles. The van der Waals surface area contributed by atoms with Gasteiger partial charge in [0, 0.05) is 23.8 Å². The first-order chi connectivity index (χ1) is 10.1. The largest absolute Gasteiger partial charge is 0.469 e. The highest BCUT2D eigenvalue weighted by molar-refractivity contribution is 5.65. The highest BCUT2D eigenvalue weighted by Gasteiger charge is 2.14. The average Bonchev–Trinajstić information content (AvgIpc) is 3.04. The van der Waals surface area contributed by atoms with Gasteiger partial charge in [-0.3, -0.25) is 10.1 Å². The SMILES string of the molecule is Cc1occc1-c1cc(N)n(-c2cccc([N+](=O)[O-])c2)n1. The van der Waals surface area contributed by atoms with Crippen molar-refractivity contribution in [3.63, 3.8) is 0 Å². The number of nitrogens with zero attached hydrogens (tertiary/aromatic N) is 3. The number of anilines is 1. The number of hydrogen-bond acceptors (Lipinski definition) is 5. The molecule has 0 atom stereocenters. The molecule has 0 unspecified atom stereocenters. The van der Waals surface area contributed by atoms with Crippen LogP contribution in [0.2, 0.25) is 0 Å². The number of nitro benzene ring substituents is 1.